The number of hydrogen-bond donors (Lipinski definition) is 2. The van der Waals surface area contributed by atoms with Crippen LogP contribution >= 0.6 is 11.6 Å². The molecule has 0 atom stereocenters. The lowest BCUT2D eigenvalue weighted by molar-refractivity contribution is -0.105. The van der Waals surface area contributed by atoms with Crippen molar-refractivity contribution in [2.75, 3.05) is 10.6 Å². The van der Waals surface area contributed by atoms with Gasteiger partial charge in [0, 0.05) is 23.5 Å². The first-order valence-corrected chi connectivity index (χ1v) is 12.5. The molecule has 3 aromatic heterocycles. The highest BCUT2D eigenvalue weighted by Gasteiger charge is 2.48. The van der Waals surface area contributed by atoms with Crippen molar-refractivity contribution in [2.24, 2.45) is 0 Å². The number of aryl methyl sites for hydroxylation is 1. The molecule has 35 heavy (non-hydrogen) atoms. The predicted molar refractivity (Wildman–Crippen MR) is 137 cm³/mol. The number of halogens is 1. The summed E-state index contributed by atoms with van der Waals surface area (Å²) in [6.45, 7) is 0.554. The second-order valence-corrected chi connectivity index (χ2v) is 10.2. The third-order valence-corrected chi connectivity index (χ3v) is 7.50. The molecule has 1 aromatic carbocycles. The number of fused-ring (bicyclic) bond motifs is 3. The number of rotatable bonds is 6. The summed E-state index contributed by atoms with van der Waals surface area (Å²) in [4.78, 5) is 23.1. The smallest absolute Gasteiger partial charge is 0.212 e. The summed E-state index contributed by atoms with van der Waals surface area (Å²) in [5.41, 5.74) is 6.93. The van der Waals surface area contributed by atoms with E-state index in [0.717, 1.165) is 22.3 Å². The molecule has 0 aliphatic heterocycles. The Morgan fingerprint density at radius 3 is 2.71 bits per heavy atom. The Hall–Kier alpha value is -3.45. The Labute approximate surface area is 209 Å². The summed E-state index contributed by atoms with van der Waals surface area (Å²) < 4.78 is 2.07. The minimum atomic E-state index is 0.460. The summed E-state index contributed by atoms with van der Waals surface area (Å²) in [6, 6.07) is 12.3. The lowest BCUT2D eigenvalue weighted by Gasteiger charge is -2.07. The first-order chi connectivity index (χ1) is 17.1. The van der Waals surface area contributed by atoms with Crippen LogP contribution in [-0.2, 0) is 23.2 Å². The van der Waals surface area contributed by atoms with Crippen LogP contribution in [0.25, 0.3) is 5.65 Å². The van der Waals surface area contributed by atoms with Crippen LogP contribution in [0.5, 0.6) is 0 Å². The normalized spacial score (nSPS) is 16.9. The zero-order valence-electron chi connectivity index (χ0n) is 19.4. The van der Waals surface area contributed by atoms with Crippen molar-refractivity contribution in [3.8, 4) is 0 Å². The van der Waals surface area contributed by atoms with Gasteiger partial charge in [0.1, 0.15) is 23.6 Å². The molecule has 4 aromatic rings. The second kappa shape index (κ2) is 8.96. The number of aromatic nitrogens is 4. The Kier molecular flexibility index (Phi) is 5.65. The Morgan fingerprint density at radius 2 is 1.91 bits per heavy atom. The summed E-state index contributed by atoms with van der Waals surface area (Å²) in [7, 11) is 0. The van der Waals surface area contributed by atoms with E-state index < -0.39 is 0 Å². The van der Waals surface area contributed by atoms with Gasteiger partial charge in [0.2, 0.25) is 6.41 Å². The minimum absolute atomic E-state index is 0.460. The number of benzene rings is 1. The van der Waals surface area contributed by atoms with Gasteiger partial charge < -0.3 is 15.0 Å². The maximum atomic E-state index is 10.4. The quantitative estimate of drug-likeness (QED) is 0.351. The molecule has 2 N–H and O–H groups in total. The number of carbonyl (C=O) groups excluding carboxylic acids is 1. The van der Waals surface area contributed by atoms with Gasteiger partial charge in [0.05, 0.1) is 12.2 Å². The Morgan fingerprint density at radius 1 is 1.06 bits per heavy atom. The largest absolute Gasteiger partial charge is 0.364 e. The number of nitrogens with one attached hydrogen (secondary N) is 2. The zero-order chi connectivity index (χ0) is 23.8. The molecular formula is C27H27ClN6O. The molecule has 0 saturated heterocycles. The van der Waals surface area contributed by atoms with Crippen LogP contribution in [0.2, 0.25) is 5.02 Å². The molecule has 8 heteroatoms. The molecule has 3 aliphatic carbocycles. The third kappa shape index (κ3) is 4.73. The van der Waals surface area contributed by atoms with Crippen molar-refractivity contribution >= 4 is 35.3 Å². The molecule has 178 valence electrons. The lowest BCUT2D eigenvalue weighted by atomic mass is 9.99. The average Bonchev–Trinajstić information content (AvgIpc) is 3.78. The fraction of sp³-hybridized carbons (Fsp3) is 0.333. The monoisotopic (exact) mass is 486 g/mol. The van der Waals surface area contributed by atoms with E-state index in [1.165, 1.54) is 56.0 Å². The molecule has 0 bridgehead atoms. The molecule has 1 amide bonds. The molecular weight excluding hydrogens is 460 g/mol. The maximum absolute atomic E-state index is 10.4. The van der Waals surface area contributed by atoms with Gasteiger partial charge >= 0.3 is 0 Å². The highest BCUT2D eigenvalue weighted by molar-refractivity contribution is 6.30. The Balaban J connectivity index is 0.000000159. The van der Waals surface area contributed by atoms with E-state index in [1.54, 1.807) is 11.6 Å². The van der Waals surface area contributed by atoms with Gasteiger partial charge in [-0.15, -0.1) is 0 Å². The van der Waals surface area contributed by atoms with Crippen molar-refractivity contribution < 1.29 is 4.79 Å². The van der Waals surface area contributed by atoms with Crippen LogP contribution in [-0.4, -0.2) is 25.8 Å². The van der Waals surface area contributed by atoms with Crippen LogP contribution in [0.15, 0.2) is 55.1 Å². The standard InChI is InChI=1S/C16H16N6O.C11H11Cl/c23-10-20-15-5-14(18-9-19-15)17-6-13-8-22-7-12(11-1-2-11)3-4-16(22)21-13;12-9-2-1-8-3-4-11(5-6-11)10(8)7-9/h3-5,7-11H,1-2,6H2,(H2,17,18,19,20,23);1-2,7H,3-6H2. The van der Waals surface area contributed by atoms with E-state index in [2.05, 4.69) is 60.4 Å². The third-order valence-electron chi connectivity index (χ3n) is 7.27. The van der Waals surface area contributed by atoms with Gasteiger partial charge in [-0.2, -0.15) is 0 Å². The van der Waals surface area contributed by atoms with Crippen molar-refractivity contribution in [2.45, 2.75) is 56.4 Å². The molecule has 0 radical (unpaired) electrons. The van der Waals surface area contributed by atoms with Gasteiger partial charge in [-0.05, 0) is 84.7 Å². The average molecular weight is 487 g/mol. The van der Waals surface area contributed by atoms with Crippen LogP contribution in [0.4, 0.5) is 11.6 Å². The lowest BCUT2D eigenvalue weighted by Crippen LogP contribution is -2.04. The summed E-state index contributed by atoms with van der Waals surface area (Å²) >= 11 is 5.98. The van der Waals surface area contributed by atoms with Crippen LogP contribution < -0.4 is 10.6 Å². The molecule has 0 unspecified atom stereocenters. The van der Waals surface area contributed by atoms with Crippen molar-refractivity contribution in [3.05, 3.63) is 82.5 Å². The fourth-order valence-corrected chi connectivity index (χ4v) is 5.19. The number of hydrogen-bond acceptors (Lipinski definition) is 5. The number of pyridine rings is 1. The van der Waals surface area contributed by atoms with Crippen molar-refractivity contribution in [3.63, 3.8) is 0 Å². The van der Waals surface area contributed by atoms with E-state index in [0.29, 0.717) is 30.0 Å². The van der Waals surface area contributed by atoms with Gasteiger partial charge in [-0.3, -0.25) is 4.79 Å². The molecule has 7 rings (SSSR count). The van der Waals surface area contributed by atoms with E-state index in [9.17, 15) is 4.79 Å². The minimum Gasteiger partial charge on any atom is -0.364 e. The van der Waals surface area contributed by atoms with Gasteiger partial charge in [0.25, 0.3) is 0 Å². The van der Waals surface area contributed by atoms with Crippen LogP contribution in [0, 0.1) is 0 Å². The van der Waals surface area contributed by atoms with Gasteiger partial charge in [-0.1, -0.05) is 23.7 Å². The molecule has 1 spiro atoms. The number of imidazole rings is 1. The highest BCUT2D eigenvalue weighted by atomic mass is 35.5. The maximum Gasteiger partial charge on any atom is 0.212 e. The zero-order valence-corrected chi connectivity index (χ0v) is 20.1. The Bertz CT molecular complexity index is 1390. The molecule has 3 aliphatic rings. The summed E-state index contributed by atoms with van der Waals surface area (Å²) in [5, 5.41) is 6.59. The molecule has 2 saturated carbocycles. The van der Waals surface area contributed by atoms with E-state index in [1.807, 2.05) is 12.3 Å². The molecule has 3 heterocycles. The molecule has 2 fully saturated rings. The summed E-state index contributed by atoms with van der Waals surface area (Å²) in [6.07, 6.45) is 14.2. The number of anilines is 2. The van der Waals surface area contributed by atoms with Crippen LogP contribution in [0.1, 0.15) is 60.4 Å². The first-order valence-electron chi connectivity index (χ1n) is 12.1. The van der Waals surface area contributed by atoms with Gasteiger partial charge in [-0.25, -0.2) is 15.0 Å². The number of nitrogens with zero attached hydrogens (tertiary/aromatic N) is 4. The topological polar surface area (TPSA) is 84.2 Å². The molecule has 7 nitrogen and oxygen atoms in total. The predicted octanol–water partition coefficient (Wildman–Crippen LogP) is 5.50. The first kappa shape index (κ1) is 22.0. The second-order valence-electron chi connectivity index (χ2n) is 9.72. The van der Waals surface area contributed by atoms with Crippen molar-refractivity contribution in [1.29, 1.82) is 0 Å². The summed E-state index contributed by atoms with van der Waals surface area (Å²) in [5.74, 6) is 1.83. The number of carbonyl (C=O) groups is 1. The van der Waals surface area contributed by atoms with Crippen LogP contribution in [0.3, 0.4) is 0 Å². The van der Waals surface area contributed by atoms with Crippen molar-refractivity contribution in [1.82, 2.24) is 19.4 Å². The van der Waals surface area contributed by atoms with E-state index in [4.69, 9.17) is 11.6 Å². The SMILES string of the molecule is Clc1ccc2c(c1)C1(CC2)CC1.O=CNc1cc(NCc2cn3cc(C4CC4)ccc3n2)ncn1. The number of amides is 1. The fourth-order valence-electron chi connectivity index (χ4n) is 5.02. The van der Waals surface area contributed by atoms with E-state index in [-0.39, 0.29) is 0 Å². The van der Waals surface area contributed by atoms with Gasteiger partial charge in [0.15, 0.2) is 0 Å². The highest BCUT2D eigenvalue weighted by Crippen LogP contribution is 2.57. The van der Waals surface area contributed by atoms with E-state index >= 15 is 0 Å².